The summed E-state index contributed by atoms with van der Waals surface area (Å²) in [6.07, 6.45) is 0.576. The van der Waals surface area contributed by atoms with Crippen LogP contribution in [0.1, 0.15) is 44.4 Å². The number of nitrogens with one attached hydrogen (secondary N) is 1. The number of halogens is 1. The summed E-state index contributed by atoms with van der Waals surface area (Å²) in [5, 5.41) is 3.44. The van der Waals surface area contributed by atoms with Crippen molar-refractivity contribution in [2.75, 3.05) is 17.4 Å². The molecule has 40 heavy (non-hydrogen) atoms. The van der Waals surface area contributed by atoms with Gasteiger partial charge < -0.3 is 10.2 Å². The Morgan fingerprint density at radius 1 is 0.925 bits per heavy atom. The highest BCUT2D eigenvalue weighted by Gasteiger charge is 2.33. The zero-order chi connectivity index (χ0) is 29.4. The summed E-state index contributed by atoms with van der Waals surface area (Å²) in [6.45, 7) is 9.55. The van der Waals surface area contributed by atoms with Crippen molar-refractivity contribution in [1.29, 1.82) is 0 Å². The Labute approximate surface area is 243 Å². The SMILES string of the molecule is CCc1ccccc1N(CC(=O)N(Cc1ccc(Cl)cc1)C(C)C(=O)NCC(C)C)S(=O)(=O)c1ccc(C)cc1. The number of carbonyl (C=O) groups excluding carboxylic acids is 2. The number of rotatable bonds is 12. The average molecular weight is 584 g/mol. The van der Waals surface area contributed by atoms with Crippen LogP contribution in [-0.2, 0) is 32.6 Å². The molecule has 0 aliphatic carbocycles. The number of hydrogen-bond acceptors (Lipinski definition) is 4. The van der Waals surface area contributed by atoms with E-state index in [1.807, 2.05) is 39.8 Å². The van der Waals surface area contributed by atoms with Crippen LogP contribution in [0.2, 0.25) is 5.02 Å². The van der Waals surface area contributed by atoms with E-state index < -0.39 is 28.5 Å². The molecule has 3 aromatic rings. The van der Waals surface area contributed by atoms with Gasteiger partial charge in [0, 0.05) is 18.1 Å². The number of amides is 2. The lowest BCUT2D eigenvalue weighted by atomic mass is 10.1. The van der Waals surface area contributed by atoms with Gasteiger partial charge >= 0.3 is 0 Å². The fourth-order valence-electron chi connectivity index (χ4n) is 4.23. The van der Waals surface area contributed by atoms with Crippen LogP contribution in [0.5, 0.6) is 0 Å². The van der Waals surface area contributed by atoms with Crippen molar-refractivity contribution in [3.05, 3.63) is 94.5 Å². The first kappa shape index (κ1) is 31.2. The van der Waals surface area contributed by atoms with Crippen molar-refractivity contribution in [2.24, 2.45) is 5.92 Å². The molecule has 1 N–H and O–H groups in total. The van der Waals surface area contributed by atoms with Crippen LogP contribution in [0.3, 0.4) is 0 Å². The predicted molar refractivity (Wildman–Crippen MR) is 161 cm³/mol. The molecule has 3 aromatic carbocycles. The molecule has 3 rings (SSSR count). The first-order valence-corrected chi connectivity index (χ1v) is 15.2. The highest BCUT2D eigenvalue weighted by atomic mass is 35.5. The predicted octanol–water partition coefficient (Wildman–Crippen LogP) is 5.60. The largest absolute Gasteiger partial charge is 0.354 e. The molecule has 0 saturated heterocycles. The van der Waals surface area contributed by atoms with Gasteiger partial charge in [0.2, 0.25) is 11.8 Å². The summed E-state index contributed by atoms with van der Waals surface area (Å²) in [7, 11) is -4.11. The lowest BCUT2D eigenvalue weighted by molar-refractivity contribution is -0.139. The maximum atomic E-state index is 14.0. The van der Waals surface area contributed by atoms with E-state index in [0.717, 1.165) is 21.0 Å². The Bertz CT molecular complexity index is 1410. The van der Waals surface area contributed by atoms with Crippen molar-refractivity contribution in [3.63, 3.8) is 0 Å². The van der Waals surface area contributed by atoms with Gasteiger partial charge in [-0.25, -0.2) is 8.42 Å². The van der Waals surface area contributed by atoms with Crippen LogP contribution < -0.4 is 9.62 Å². The third-order valence-corrected chi connectivity index (χ3v) is 8.67. The number of sulfonamides is 1. The Balaban J connectivity index is 2.04. The Hall–Kier alpha value is -3.36. The quantitative estimate of drug-likeness (QED) is 0.301. The van der Waals surface area contributed by atoms with Crippen LogP contribution in [-0.4, -0.2) is 44.3 Å². The number of aryl methyl sites for hydroxylation is 2. The molecule has 0 aliphatic rings. The summed E-state index contributed by atoms with van der Waals surface area (Å²) < 4.78 is 29.2. The summed E-state index contributed by atoms with van der Waals surface area (Å²) >= 11 is 6.06. The molecule has 2 amide bonds. The first-order valence-electron chi connectivity index (χ1n) is 13.4. The van der Waals surface area contributed by atoms with Crippen molar-refractivity contribution >= 4 is 39.1 Å². The van der Waals surface area contributed by atoms with Crippen molar-refractivity contribution in [2.45, 2.75) is 58.5 Å². The highest BCUT2D eigenvalue weighted by Crippen LogP contribution is 2.28. The molecule has 0 aromatic heterocycles. The van der Waals surface area contributed by atoms with Gasteiger partial charge in [-0.1, -0.05) is 80.4 Å². The number of nitrogens with zero attached hydrogens (tertiary/aromatic N) is 2. The van der Waals surface area contributed by atoms with Crippen LogP contribution in [0.25, 0.3) is 0 Å². The van der Waals surface area contributed by atoms with Gasteiger partial charge in [-0.2, -0.15) is 0 Å². The maximum Gasteiger partial charge on any atom is 0.264 e. The third-order valence-electron chi connectivity index (χ3n) is 6.65. The number of anilines is 1. The topological polar surface area (TPSA) is 86.8 Å². The normalized spacial score (nSPS) is 12.2. The monoisotopic (exact) mass is 583 g/mol. The minimum Gasteiger partial charge on any atom is -0.354 e. The number of hydrogen-bond donors (Lipinski definition) is 1. The molecule has 0 saturated carbocycles. The molecule has 1 atom stereocenters. The fourth-order valence-corrected chi connectivity index (χ4v) is 5.80. The number of para-hydroxylation sites is 1. The average Bonchev–Trinajstić information content (AvgIpc) is 2.93. The lowest BCUT2D eigenvalue weighted by Gasteiger charge is -2.32. The molecule has 0 spiro atoms. The zero-order valence-electron chi connectivity index (χ0n) is 23.7. The standard InChI is InChI=1S/C31H38ClN3O4S/c1-6-26-9-7-8-10-29(26)35(40(38,39)28-17-11-23(4)12-18-28)21-30(36)34(20-25-13-15-27(32)16-14-25)24(5)31(37)33-19-22(2)3/h7-18,22,24H,6,19-21H2,1-5H3,(H,33,37). The summed E-state index contributed by atoms with van der Waals surface area (Å²) in [4.78, 5) is 28.6. The second-order valence-electron chi connectivity index (χ2n) is 10.3. The molecule has 0 heterocycles. The highest BCUT2D eigenvalue weighted by molar-refractivity contribution is 7.92. The van der Waals surface area contributed by atoms with E-state index in [2.05, 4.69) is 5.32 Å². The second-order valence-corrected chi connectivity index (χ2v) is 12.6. The Morgan fingerprint density at radius 3 is 2.15 bits per heavy atom. The lowest BCUT2D eigenvalue weighted by Crippen LogP contribution is -2.51. The van der Waals surface area contributed by atoms with Gasteiger partial charge in [0.05, 0.1) is 10.6 Å². The Kier molecular flexibility index (Phi) is 10.8. The molecule has 7 nitrogen and oxygen atoms in total. The van der Waals surface area contributed by atoms with Crippen LogP contribution >= 0.6 is 11.6 Å². The summed E-state index contributed by atoms with van der Waals surface area (Å²) in [6, 6.07) is 19.9. The van der Waals surface area contributed by atoms with Crippen molar-refractivity contribution in [1.82, 2.24) is 10.2 Å². The third kappa shape index (κ3) is 7.86. The van der Waals surface area contributed by atoms with E-state index in [0.29, 0.717) is 23.7 Å². The Morgan fingerprint density at radius 2 is 1.55 bits per heavy atom. The van der Waals surface area contributed by atoms with Gasteiger partial charge in [0.1, 0.15) is 12.6 Å². The van der Waals surface area contributed by atoms with Crippen LogP contribution in [0.4, 0.5) is 5.69 Å². The van der Waals surface area contributed by atoms with E-state index in [1.165, 1.54) is 4.90 Å². The molecular formula is C31H38ClN3O4S. The van der Waals surface area contributed by atoms with Gasteiger partial charge in [0.15, 0.2) is 0 Å². The number of carbonyl (C=O) groups is 2. The summed E-state index contributed by atoms with van der Waals surface area (Å²) in [5.74, 6) is -0.570. The zero-order valence-corrected chi connectivity index (χ0v) is 25.3. The molecule has 0 aliphatic heterocycles. The van der Waals surface area contributed by atoms with Crippen molar-refractivity contribution in [3.8, 4) is 0 Å². The van der Waals surface area contributed by atoms with Gasteiger partial charge in [0.25, 0.3) is 10.0 Å². The molecule has 0 bridgehead atoms. The smallest absolute Gasteiger partial charge is 0.264 e. The van der Waals surface area contributed by atoms with E-state index in [-0.39, 0.29) is 23.3 Å². The molecule has 214 valence electrons. The fraction of sp³-hybridized carbons (Fsp3) is 0.355. The van der Waals surface area contributed by atoms with Crippen LogP contribution in [0.15, 0.2) is 77.7 Å². The van der Waals surface area contributed by atoms with E-state index in [9.17, 15) is 18.0 Å². The van der Waals surface area contributed by atoms with E-state index >= 15 is 0 Å². The molecular weight excluding hydrogens is 546 g/mol. The van der Waals surface area contributed by atoms with Crippen LogP contribution in [0, 0.1) is 12.8 Å². The van der Waals surface area contributed by atoms with Gasteiger partial charge in [-0.15, -0.1) is 0 Å². The van der Waals surface area contributed by atoms with Gasteiger partial charge in [-0.05, 0) is 67.6 Å². The summed E-state index contributed by atoms with van der Waals surface area (Å²) in [5.41, 5.74) is 2.91. The minimum absolute atomic E-state index is 0.0868. The minimum atomic E-state index is -4.11. The molecule has 0 radical (unpaired) electrons. The van der Waals surface area contributed by atoms with Crippen molar-refractivity contribution < 1.29 is 18.0 Å². The maximum absolute atomic E-state index is 14.0. The van der Waals surface area contributed by atoms with Gasteiger partial charge in [-0.3, -0.25) is 13.9 Å². The molecule has 1 unspecified atom stereocenters. The molecule has 9 heteroatoms. The number of benzene rings is 3. The second kappa shape index (κ2) is 13.8. The van der Waals surface area contributed by atoms with E-state index in [1.54, 1.807) is 67.6 Å². The van der Waals surface area contributed by atoms with E-state index in [4.69, 9.17) is 11.6 Å². The first-order chi connectivity index (χ1) is 18.9. The molecule has 0 fully saturated rings.